The lowest BCUT2D eigenvalue weighted by atomic mass is 9.93. The zero-order valence-electron chi connectivity index (χ0n) is 12.7. The molecule has 0 unspecified atom stereocenters. The van der Waals surface area contributed by atoms with Crippen molar-refractivity contribution in [2.45, 2.75) is 40.0 Å². The average Bonchev–Trinajstić information content (AvgIpc) is 3.02. The molecule has 0 radical (unpaired) electrons. The van der Waals surface area contributed by atoms with Crippen LogP contribution in [-0.2, 0) is 12.8 Å². The number of hydrogen-bond donors (Lipinski definition) is 2. The summed E-state index contributed by atoms with van der Waals surface area (Å²) >= 11 is 0. The van der Waals surface area contributed by atoms with E-state index in [1.54, 1.807) is 0 Å². The summed E-state index contributed by atoms with van der Waals surface area (Å²) in [5, 5.41) is 10.1. The number of fused-ring (bicyclic) bond motifs is 3. The number of H-pyrrole nitrogens is 1. The fourth-order valence-electron chi connectivity index (χ4n) is 2.81. The fourth-order valence-corrected chi connectivity index (χ4v) is 2.81. The molecule has 0 spiro atoms. The first-order chi connectivity index (χ1) is 10.1. The molecule has 5 nitrogen and oxygen atoms in total. The quantitative estimate of drug-likeness (QED) is 0.908. The zero-order valence-corrected chi connectivity index (χ0v) is 12.7. The van der Waals surface area contributed by atoms with Gasteiger partial charge in [-0.15, -0.1) is 0 Å². The van der Waals surface area contributed by atoms with Crippen molar-refractivity contribution in [2.24, 2.45) is 5.92 Å². The van der Waals surface area contributed by atoms with E-state index in [0.717, 1.165) is 41.8 Å². The smallest absolute Gasteiger partial charge is 0.287 e. The van der Waals surface area contributed by atoms with E-state index in [1.807, 2.05) is 13.1 Å². The lowest BCUT2D eigenvalue weighted by Crippen LogP contribution is -2.25. The van der Waals surface area contributed by atoms with Crippen molar-refractivity contribution in [3.05, 3.63) is 28.8 Å². The van der Waals surface area contributed by atoms with Crippen LogP contribution < -0.4 is 5.32 Å². The molecule has 0 atom stereocenters. The number of nitrogens with one attached hydrogen (secondary N) is 2. The standard InChI is InChI=1S/C16H21N3O2/c1-9(2)6-7-17-16(20)15-10(3)13-12(21-15)5-4-11-8-18-19-14(11)13/h8-9H,4-7H2,1-3H3,(H,17,20)(H,18,19). The summed E-state index contributed by atoms with van der Waals surface area (Å²) in [7, 11) is 0. The van der Waals surface area contributed by atoms with E-state index in [9.17, 15) is 4.79 Å². The summed E-state index contributed by atoms with van der Waals surface area (Å²) < 4.78 is 5.82. The molecular formula is C16H21N3O2. The Morgan fingerprint density at radius 1 is 1.48 bits per heavy atom. The van der Waals surface area contributed by atoms with Gasteiger partial charge in [0, 0.05) is 24.1 Å². The minimum Gasteiger partial charge on any atom is -0.455 e. The van der Waals surface area contributed by atoms with Gasteiger partial charge in [0.2, 0.25) is 0 Å². The van der Waals surface area contributed by atoms with E-state index >= 15 is 0 Å². The number of hydrogen-bond acceptors (Lipinski definition) is 3. The molecule has 2 N–H and O–H groups in total. The zero-order chi connectivity index (χ0) is 15.0. The van der Waals surface area contributed by atoms with Crippen LogP contribution in [0.1, 0.15) is 47.7 Å². The third kappa shape index (κ3) is 2.48. The summed E-state index contributed by atoms with van der Waals surface area (Å²) in [6, 6.07) is 0. The Hall–Kier alpha value is -2.04. The molecule has 1 aliphatic rings. The van der Waals surface area contributed by atoms with Gasteiger partial charge in [-0.1, -0.05) is 13.8 Å². The van der Waals surface area contributed by atoms with Crippen molar-refractivity contribution < 1.29 is 9.21 Å². The third-order valence-electron chi connectivity index (χ3n) is 4.02. The predicted octanol–water partition coefficient (Wildman–Crippen LogP) is 2.85. The highest BCUT2D eigenvalue weighted by atomic mass is 16.4. The first-order valence-electron chi connectivity index (χ1n) is 7.51. The highest BCUT2D eigenvalue weighted by molar-refractivity contribution is 5.95. The summed E-state index contributed by atoms with van der Waals surface area (Å²) in [5.74, 6) is 1.77. The van der Waals surface area contributed by atoms with Crippen LogP contribution in [-0.4, -0.2) is 22.6 Å². The number of carbonyl (C=O) groups excluding carboxylic acids is 1. The molecular weight excluding hydrogens is 266 g/mol. The number of aromatic amines is 1. The number of furan rings is 1. The Balaban J connectivity index is 1.85. The van der Waals surface area contributed by atoms with Crippen LogP contribution in [0, 0.1) is 12.8 Å². The highest BCUT2D eigenvalue weighted by Gasteiger charge is 2.28. The van der Waals surface area contributed by atoms with E-state index in [-0.39, 0.29) is 5.91 Å². The van der Waals surface area contributed by atoms with Gasteiger partial charge in [-0.05, 0) is 31.2 Å². The molecule has 5 heteroatoms. The Labute approximate surface area is 124 Å². The van der Waals surface area contributed by atoms with Gasteiger partial charge >= 0.3 is 0 Å². The molecule has 2 heterocycles. The van der Waals surface area contributed by atoms with Crippen LogP contribution in [0.4, 0.5) is 0 Å². The molecule has 0 bridgehead atoms. The van der Waals surface area contributed by atoms with Crippen LogP contribution in [0.25, 0.3) is 11.3 Å². The topological polar surface area (TPSA) is 70.9 Å². The monoisotopic (exact) mass is 287 g/mol. The van der Waals surface area contributed by atoms with Crippen LogP contribution in [0.3, 0.4) is 0 Å². The van der Waals surface area contributed by atoms with Gasteiger partial charge in [-0.3, -0.25) is 9.89 Å². The normalized spacial score (nSPS) is 13.1. The summed E-state index contributed by atoms with van der Waals surface area (Å²) in [4.78, 5) is 12.3. The molecule has 21 heavy (non-hydrogen) atoms. The Morgan fingerprint density at radius 3 is 3.05 bits per heavy atom. The maximum absolute atomic E-state index is 12.3. The van der Waals surface area contributed by atoms with Gasteiger partial charge in [-0.25, -0.2) is 0 Å². The van der Waals surface area contributed by atoms with Crippen molar-refractivity contribution in [2.75, 3.05) is 6.54 Å². The first kappa shape index (κ1) is 13.9. The molecule has 112 valence electrons. The predicted molar refractivity (Wildman–Crippen MR) is 80.2 cm³/mol. The minimum atomic E-state index is -0.122. The summed E-state index contributed by atoms with van der Waals surface area (Å²) in [6.07, 6.45) is 4.55. The van der Waals surface area contributed by atoms with E-state index in [2.05, 4.69) is 29.4 Å². The molecule has 2 aromatic heterocycles. The maximum Gasteiger partial charge on any atom is 0.287 e. The molecule has 1 aliphatic carbocycles. The Morgan fingerprint density at radius 2 is 2.29 bits per heavy atom. The van der Waals surface area contributed by atoms with Gasteiger partial charge in [-0.2, -0.15) is 5.10 Å². The average molecular weight is 287 g/mol. The number of aromatic nitrogens is 2. The number of nitrogens with zero attached hydrogens (tertiary/aromatic N) is 1. The number of amides is 1. The second-order valence-corrected chi connectivity index (χ2v) is 6.06. The van der Waals surface area contributed by atoms with E-state index in [0.29, 0.717) is 18.2 Å². The van der Waals surface area contributed by atoms with Crippen molar-refractivity contribution >= 4 is 5.91 Å². The van der Waals surface area contributed by atoms with Crippen LogP contribution in [0.2, 0.25) is 0 Å². The van der Waals surface area contributed by atoms with Crippen molar-refractivity contribution in [3.8, 4) is 11.3 Å². The fraction of sp³-hybridized carbons (Fsp3) is 0.500. The van der Waals surface area contributed by atoms with Crippen LogP contribution in [0.15, 0.2) is 10.6 Å². The number of aryl methyl sites for hydroxylation is 2. The maximum atomic E-state index is 12.3. The molecule has 0 saturated carbocycles. The molecule has 3 rings (SSSR count). The second kappa shape index (κ2) is 5.39. The molecule has 0 aromatic carbocycles. The first-order valence-corrected chi connectivity index (χ1v) is 7.51. The van der Waals surface area contributed by atoms with Gasteiger partial charge in [0.05, 0.1) is 11.9 Å². The lowest BCUT2D eigenvalue weighted by Gasteiger charge is -2.09. The van der Waals surface area contributed by atoms with Crippen molar-refractivity contribution in [1.82, 2.24) is 15.5 Å². The van der Waals surface area contributed by atoms with Crippen molar-refractivity contribution in [3.63, 3.8) is 0 Å². The highest BCUT2D eigenvalue weighted by Crippen LogP contribution is 2.37. The Bertz CT molecular complexity index is 667. The number of carbonyl (C=O) groups is 1. The van der Waals surface area contributed by atoms with Gasteiger partial charge in [0.15, 0.2) is 5.76 Å². The van der Waals surface area contributed by atoms with Gasteiger partial charge in [0.25, 0.3) is 5.91 Å². The SMILES string of the molecule is Cc1c(C(=O)NCCC(C)C)oc2c1-c1[nH]ncc1CC2. The molecule has 0 fully saturated rings. The Kier molecular flexibility index (Phi) is 3.57. The van der Waals surface area contributed by atoms with Gasteiger partial charge < -0.3 is 9.73 Å². The summed E-state index contributed by atoms with van der Waals surface area (Å²) in [6.45, 7) is 6.90. The molecule has 0 aliphatic heterocycles. The third-order valence-corrected chi connectivity index (χ3v) is 4.02. The molecule has 1 amide bonds. The second-order valence-electron chi connectivity index (χ2n) is 6.06. The molecule has 2 aromatic rings. The van der Waals surface area contributed by atoms with Crippen LogP contribution >= 0.6 is 0 Å². The molecule has 0 saturated heterocycles. The lowest BCUT2D eigenvalue weighted by molar-refractivity contribution is 0.0921. The van der Waals surface area contributed by atoms with E-state index in [1.165, 1.54) is 5.56 Å². The van der Waals surface area contributed by atoms with Gasteiger partial charge in [0.1, 0.15) is 5.76 Å². The summed E-state index contributed by atoms with van der Waals surface area (Å²) in [5.41, 5.74) is 4.11. The van der Waals surface area contributed by atoms with Crippen molar-refractivity contribution in [1.29, 1.82) is 0 Å². The van der Waals surface area contributed by atoms with Crippen LogP contribution in [0.5, 0.6) is 0 Å². The largest absolute Gasteiger partial charge is 0.455 e. The minimum absolute atomic E-state index is 0.122. The van der Waals surface area contributed by atoms with E-state index in [4.69, 9.17) is 4.42 Å². The number of rotatable bonds is 4. The van der Waals surface area contributed by atoms with E-state index < -0.39 is 0 Å².